The van der Waals surface area contributed by atoms with Gasteiger partial charge in [-0.25, -0.2) is 5.43 Å². The summed E-state index contributed by atoms with van der Waals surface area (Å²) in [6, 6.07) is 8.04. The molecule has 0 saturated heterocycles. The molecule has 2 aromatic rings. The van der Waals surface area contributed by atoms with Crippen molar-refractivity contribution in [1.29, 1.82) is 0 Å². The Morgan fingerprint density at radius 1 is 1.30 bits per heavy atom. The number of aryl methyl sites for hydroxylation is 1. The number of ether oxygens (including phenoxy) is 2. The Morgan fingerprint density at radius 3 is 2.70 bits per heavy atom. The van der Waals surface area contributed by atoms with Gasteiger partial charge in [-0.2, -0.15) is 5.10 Å². The maximum absolute atomic E-state index is 12.4. The molecule has 0 aliphatic carbocycles. The zero-order valence-corrected chi connectivity index (χ0v) is 17.1. The van der Waals surface area contributed by atoms with Crippen molar-refractivity contribution in [3.05, 3.63) is 57.1 Å². The number of carbonyl (C=O) groups excluding carboxylic acids is 1. The molecule has 158 valence electrons. The molecule has 0 saturated carbocycles. The van der Waals surface area contributed by atoms with Gasteiger partial charge in [-0.3, -0.25) is 14.9 Å². The number of aromatic hydroxyl groups is 1. The van der Waals surface area contributed by atoms with Crippen molar-refractivity contribution in [2.45, 2.75) is 39.2 Å². The number of hydrogen-bond donors (Lipinski definition) is 2. The molecule has 0 unspecified atom stereocenters. The Bertz CT molecular complexity index is 1030. The molecule has 1 heterocycles. The molecular weight excluding hydrogens is 390 g/mol. The third kappa shape index (κ3) is 4.51. The third-order valence-corrected chi connectivity index (χ3v) is 4.67. The Kier molecular flexibility index (Phi) is 5.64. The van der Waals surface area contributed by atoms with Crippen LogP contribution in [0.2, 0.25) is 0 Å². The molecule has 2 N–H and O–H groups in total. The van der Waals surface area contributed by atoms with E-state index in [1.165, 1.54) is 19.1 Å². The van der Waals surface area contributed by atoms with E-state index in [4.69, 9.17) is 9.47 Å². The lowest BCUT2D eigenvalue weighted by molar-refractivity contribution is -0.384. The summed E-state index contributed by atoms with van der Waals surface area (Å²) in [5.74, 6) is 0.344. The lowest BCUT2D eigenvalue weighted by Gasteiger charge is -2.27. The second kappa shape index (κ2) is 8.02. The predicted molar refractivity (Wildman–Crippen MR) is 110 cm³/mol. The van der Waals surface area contributed by atoms with Crippen molar-refractivity contribution < 1.29 is 24.3 Å². The van der Waals surface area contributed by atoms with Crippen molar-refractivity contribution in [3.63, 3.8) is 0 Å². The molecule has 1 amide bonds. The topological polar surface area (TPSA) is 123 Å². The van der Waals surface area contributed by atoms with Crippen LogP contribution in [0.3, 0.4) is 0 Å². The van der Waals surface area contributed by atoms with Crippen LogP contribution in [-0.2, 0) is 10.2 Å². The number of phenols is 1. The molecular formula is C21H23N3O6. The summed E-state index contributed by atoms with van der Waals surface area (Å²) >= 11 is 0. The number of non-ortho nitro benzene ring substituents is 1. The van der Waals surface area contributed by atoms with E-state index in [2.05, 4.69) is 31.3 Å². The van der Waals surface area contributed by atoms with E-state index in [9.17, 15) is 20.0 Å². The molecule has 9 heteroatoms. The van der Waals surface area contributed by atoms with E-state index in [0.29, 0.717) is 17.1 Å². The number of nitrogens with zero attached hydrogens (tertiary/aromatic N) is 2. The average molecular weight is 413 g/mol. The lowest BCUT2D eigenvalue weighted by atomic mass is 9.87. The maximum atomic E-state index is 12.4. The molecule has 1 aliphatic rings. The van der Waals surface area contributed by atoms with E-state index in [1.807, 2.05) is 18.2 Å². The summed E-state index contributed by atoms with van der Waals surface area (Å²) in [6.45, 7) is 7.77. The minimum atomic E-state index is -0.912. The number of benzene rings is 2. The Labute approximate surface area is 173 Å². The quantitative estimate of drug-likeness (QED) is 0.451. The first-order valence-electron chi connectivity index (χ1n) is 9.31. The summed E-state index contributed by atoms with van der Waals surface area (Å²) in [4.78, 5) is 22.8. The number of carbonyl (C=O) groups is 1. The summed E-state index contributed by atoms with van der Waals surface area (Å²) in [6.07, 6.45) is 0.230. The highest BCUT2D eigenvalue weighted by Gasteiger charge is 2.28. The highest BCUT2D eigenvalue weighted by molar-refractivity contribution is 5.87. The molecule has 1 aliphatic heterocycles. The van der Waals surface area contributed by atoms with Gasteiger partial charge >= 0.3 is 0 Å². The van der Waals surface area contributed by atoms with Crippen molar-refractivity contribution in [1.82, 2.24) is 5.43 Å². The van der Waals surface area contributed by atoms with Crippen LogP contribution in [0.5, 0.6) is 17.2 Å². The minimum absolute atomic E-state index is 0.0182. The van der Waals surface area contributed by atoms with E-state index >= 15 is 0 Å². The summed E-state index contributed by atoms with van der Waals surface area (Å²) < 4.78 is 11.4. The van der Waals surface area contributed by atoms with Gasteiger partial charge in [0.1, 0.15) is 12.4 Å². The van der Waals surface area contributed by atoms with Crippen molar-refractivity contribution in [3.8, 4) is 17.2 Å². The summed E-state index contributed by atoms with van der Waals surface area (Å²) in [7, 11) is 0. The fourth-order valence-corrected chi connectivity index (χ4v) is 2.90. The molecule has 0 spiro atoms. The lowest BCUT2D eigenvalue weighted by Crippen LogP contribution is -2.42. The highest BCUT2D eigenvalue weighted by Crippen LogP contribution is 2.36. The molecule has 3 rings (SSSR count). The normalized spacial score (nSPS) is 15.8. The third-order valence-electron chi connectivity index (χ3n) is 4.67. The molecule has 0 bridgehead atoms. The number of phenolic OH excluding ortho intramolecular Hbond substituents is 1. The zero-order valence-electron chi connectivity index (χ0n) is 17.1. The van der Waals surface area contributed by atoms with Crippen LogP contribution in [0.25, 0.3) is 0 Å². The number of nitro benzene ring substituents is 1. The molecule has 1 atom stereocenters. The van der Waals surface area contributed by atoms with Crippen molar-refractivity contribution in [2.24, 2.45) is 5.10 Å². The van der Waals surface area contributed by atoms with Crippen LogP contribution in [-0.4, -0.2) is 34.9 Å². The zero-order chi connectivity index (χ0) is 22.1. The molecule has 0 aromatic heterocycles. The van der Waals surface area contributed by atoms with E-state index in [1.54, 1.807) is 0 Å². The molecule has 9 nitrogen and oxygen atoms in total. The Morgan fingerprint density at radius 2 is 2.03 bits per heavy atom. The van der Waals surface area contributed by atoms with E-state index in [-0.39, 0.29) is 29.0 Å². The number of amides is 1. The van der Waals surface area contributed by atoms with Gasteiger partial charge in [0.25, 0.3) is 11.6 Å². The van der Waals surface area contributed by atoms with Crippen LogP contribution in [0.15, 0.2) is 35.4 Å². The fourth-order valence-electron chi connectivity index (χ4n) is 2.90. The largest absolute Gasteiger partial charge is 0.507 e. The Hall–Kier alpha value is -3.62. The second-order valence-electron chi connectivity index (χ2n) is 8.02. The SMILES string of the molecule is Cc1cc([N+](=O)[O-])cc(/C=N/NC(=O)[C@@H]2COc3ccc(C(C)(C)C)cc3O2)c1O. The first-order chi connectivity index (χ1) is 14.1. The van der Waals surface area contributed by atoms with Gasteiger partial charge < -0.3 is 14.6 Å². The van der Waals surface area contributed by atoms with Gasteiger partial charge in [0.05, 0.1) is 11.1 Å². The second-order valence-corrected chi connectivity index (χ2v) is 8.02. The molecule has 0 fully saturated rings. The first kappa shape index (κ1) is 21.1. The van der Waals surface area contributed by atoms with Gasteiger partial charge in [-0.1, -0.05) is 26.8 Å². The standard InChI is InChI=1S/C21H23N3O6/c1-12-7-15(24(27)28)8-13(19(12)25)10-22-23-20(26)18-11-29-16-6-5-14(21(2,3)4)9-17(16)30-18/h5-10,18,25H,11H2,1-4H3,(H,23,26)/b22-10+/t18-/m0/s1. The first-order valence-corrected chi connectivity index (χ1v) is 9.31. The number of hydrogen-bond acceptors (Lipinski definition) is 7. The van der Waals surface area contributed by atoms with Crippen LogP contribution < -0.4 is 14.9 Å². The monoisotopic (exact) mass is 413 g/mol. The number of nitro groups is 1. The van der Waals surface area contributed by atoms with E-state index < -0.39 is 16.9 Å². The predicted octanol–water partition coefficient (Wildman–Crippen LogP) is 3.20. The number of fused-ring (bicyclic) bond motifs is 1. The summed E-state index contributed by atoms with van der Waals surface area (Å²) in [5.41, 5.74) is 3.52. The van der Waals surface area contributed by atoms with Crippen LogP contribution >= 0.6 is 0 Å². The van der Waals surface area contributed by atoms with Crippen LogP contribution in [0.4, 0.5) is 5.69 Å². The smallest absolute Gasteiger partial charge is 0.284 e. The van der Waals surface area contributed by atoms with Gasteiger partial charge in [-0.05, 0) is 35.6 Å². The molecule has 0 radical (unpaired) electrons. The van der Waals surface area contributed by atoms with E-state index in [0.717, 1.165) is 11.8 Å². The fraction of sp³-hybridized carbons (Fsp3) is 0.333. The van der Waals surface area contributed by atoms with Crippen LogP contribution in [0, 0.1) is 17.0 Å². The number of hydrazone groups is 1. The Balaban J connectivity index is 1.70. The van der Waals surface area contributed by atoms with Crippen molar-refractivity contribution in [2.75, 3.05) is 6.61 Å². The van der Waals surface area contributed by atoms with Crippen LogP contribution in [0.1, 0.15) is 37.5 Å². The highest BCUT2D eigenvalue weighted by atomic mass is 16.6. The minimum Gasteiger partial charge on any atom is -0.507 e. The van der Waals surface area contributed by atoms with Crippen molar-refractivity contribution >= 4 is 17.8 Å². The maximum Gasteiger partial charge on any atom is 0.284 e. The molecule has 30 heavy (non-hydrogen) atoms. The summed E-state index contributed by atoms with van der Waals surface area (Å²) in [5, 5.41) is 24.8. The number of nitrogens with one attached hydrogen (secondary N) is 1. The number of rotatable bonds is 4. The average Bonchev–Trinajstić information content (AvgIpc) is 2.69. The van der Waals surface area contributed by atoms with Gasteiger partial charge in [-0.15, -0.1) is 0 Å². The van der Waals surface area contributed by atoms with Gasteiger partial charge in [0, 0.05) is 17.7 Å². The van der Waals surface area contributed by atoms with Gasteiger partial charge in [0.15, 0.2) is 11.5 Å². The molecule has 2 aromatic carbocycles. The van der Waals surface area contributed by atoms with Gasteiger partial charge in [0.2, 0.25) is 6.10 Å².